The monoisotopic (exact) mass is 531 g/mol. The number of aryl methyl sites for hydroxylation is 1. The number of carbonyl (C=O) groups is 2. The molecule has 2 amide bonds. The van der Waals surface area contributed by atoms with Crippen molar-refractivity contribution in [2.45, 2.75) is 45.8 Å². The van der Waals surface area contributed by atoms with E-state index >= 15 is 0 Å². The van der Waals surface area contributed by atoms with E-state index < -0.39 is 5.91 Å². The van der Waals surface area contributed by atoms with Gasteiger partial charge in [-0.1, -0.05) is 35.4 Å². The smallest absolute Gasteiger partial charge is 0.274 e. The highest BCUT2D eigenvalue weighted by atomic mass is 35.5. The highest BCUT2D eigenvalue weighted by Gasteiger charge is 2.28. The lowest BCUT2D eigenvalue weighted by Gasteiger charge is -2.26. The van der Waals surface area contributed by atoms with Gasteiger partial charge in [0.1, 0.15) is 11.8 Å². The molecule has 1 saturated carbocycles. The van der Waals surface area contributed by atoms with Crippen LogP contribution in [0, 0.1) is 6.92 Å². The Morgan fingerprint density at radius 2 is 1.94 bits per heavy atom. The van der Waals surface area contributed by atoms with E-state index in [1.54, 1.807) is 31.3 Å². The average Bonchev–Trinajstić information content (AvgIpc) is 3.18. The number of carbonyl (C=O) groups excluding carboxylic acids is 2. The standard InChI is InChI=1S/C24H23Cl2N5O3S/c1-12(2)28-23(32)17-8-14(25)7-13(3)21(17)29-24(33)19-11-20(34-15-9-16(35)10-15)30-31(19)22-18(26)5-4-6-27-22/h4-8,11-12,15H,9-10H2,1-3H3,(H,28,32)(H,29,33). The molecule has 2 aromatic heterocycles. The Balaban J connectivity index is 1.71. The summed E-state index contributed by atoms with van der Waals surface area (Å²) in [4.78, 5) is 31.5. The van der Waals surface area contributed by atoms with Gasteiger partial charge in [0.05, 0.1) is 16.3 Å². The molecule has 0 aliphatic heterocycles. The molecule has 2 heterocycles. The number of nitrogens with zero attached hydrogens (tertiary/aromatic N) is 3. The van der Waals surface area contributed by atoms with E-state index in [4.69, 9.17) is 40.2 Å². The number of ether oxygens (including phenoxy) is 1. The van der Waals surface area contributed by atoms with Crippen LogP contribution in [-0.2, 0) is 0 Å². The van der Waals surface area contributed by atoms with E-state index in [9.17, 15) is 9.59 Å². The Hall–Kier alpha value is -3.01. The molecule has 1 aromatic carbocycles. The van der Waals surface area contributed by atoms with Gasteiger partial charge in [-0.15, -0.1) is 5.10 Å². The first-order valence-electron chi connectivity index (χ1n) is 10.9. The number of nitrogens with one attached hydrogen (secondary N) is 2. The minimum atomic E-state index is -0.526. The predicted octanol–water partition coefficient (Wildman–Crippen LogP) is 5.18. The minimum Gasteiger partial charge on any atom is -0.473 e. The van der Waals surface area contributed by atoms with E-state index in [0.717, 1.165) is 4.86 Å². The van der Waals surface area contributed by atoms with E-state index in [-0.39, 0.29) is 41.0 Å². The molecule has 0 bridgehead atoms. The zero-order valence-corrected chi connectivity index (χ0v) is 21.6. The van der Waals surface area contributed by atoms with Gasteiger partial charge in [-0.2, -0.15) is 0 Å². The maximum absolute atomic E-state index is 13.5. The highest BCUT2D eigenvalue weighted by Crippen LogP contribution is 2.29. The van der Waals surface area contributed by atoms with Crippen molar-refractivity contribution in [1.29, 1.82) is 0 Å². The molecule has 1 aliphatic carbocycles. The fraction of sp³-hybridized carbons (Fsp3) is 0.292. The van der Waals surface area contributed by atoms with Gasteiger partial charge in [0.15, 0.2) is 5.82 Å². The van der Waals surface area contributed by atoms with Crippen LogP contribution in [0.1, 0.15) is 53.1 Å². The second-order valence-electron chi connectivity index (χ2n) is 8.50. The highest BCUT2D eigenvalue weighted by molar-refractivity contribution is 7.80. The van der Waals surface area contributed by atoms with Crippen LogP contribution >= 0.6 is 35.4 Å². The summed E-state index contributed by atoms with van der Waals surface area (Å²) in [5.74, 6) is -0.367. The molecule has 3 aromatic rings. The van der Waals surface area contributed by atoms with Crippen LogP contribution in [0.15, 0.2) is 36.5 Å². The summed E-state index contributed by atoms with van der Waals surface area (Å²) in [5.41, 5.74) is 1.34. The number of amides is 2. The maximum atomic E-state index is 13.5. The normalized spacial score (nSPS) is 13.5. The number of rotatable bonds is 7. The number of hydrogen-bond acceptors (Lipinski definition) is 6. The Labute approximate surface area is 218 Å². The number of aromatic nitrogens is 3. The molecule has 182 valence electrons. The molecule has 4 rings (SSSR count). The molecular weight excluding hydrogens is 509 g/mol. The summed E-state index contributed by atoms with van der Waals surface area (Å²) in [5, 5.41) is 10.8. The third-order valence-electron chi connectivity index (χ3n) is 5.26. The number of pyridine rings is 1. The zero-order valence-electron chi connectivity index (χ0n) is 19.3. The molecule has 2 N–H and O–H groups in total. The third kappa shape index (κ3) is 5.63. The number of anilines is 1. The molecule has 11 heteroatoms. The lowest BCUT2D eigenvalue weighted by atomic mass is 9.96. The van der Waals surface area contributed by atoms with Gasteiger partial charge >= 0.3 is 0 Å². The van der Waals surface area contributed by atoms with Crippen molar-refractivity contribution in [2.75, 3.05) is 5.32 Å². The molecule has 0 unspecified atom stereocenters. The Kier molecular flexibility index (Phi) is 7.39. The topological polar surface area (TPSA) is 98.1 Å². The second kappa shape index (κ2) is 10.3. The first-order chi connectivity index (χ1) is 16.6. The molecule has 0 radical (unpaired) electrons. The summed E-state index contributed by atoms with van der Waals surface area (Å²) in [6.07, 6.45) is 2.78. The SMILES string of the molecule is Cc1cc(Cl)cc(C(=O)NC(C)C)c1NC(=O)c1cc(OC2CC(=S)C2)nn1-c1ncccc1Cl. The molecule has 8 nitrogen and oxygen atoms in total. The molecular formula is C24H23Cl2N5O3S. The lowest BCUT2D eigenvalue weighted by Crippen LogP contribution is -2.32. The van der Waals surface area contributed by atoms with Crippen LogP contribution in [0.2, 0.25) is 10.0 Å². The van der Waals surface area contributed by atoms with E-state index in [1.165, 1.54) is 16.8 Å². The Morgan fingerprint density at radius 1 is 1.20 bits per heavy atom. The first-order valence-corrected chi connectivity index (χ1v) is 12.1. The van der Waals surface area contributed by atoms with Crippen LogP contribution < -0.4 is 15.4 Å². The molecule has 1 fully saturated rings. The van der Waals surface area contributed by atoms with Crippen molar-refractivity contribution < 1.29 is 14.3 Å². The van der Waals surface area contributed by atoms with Crippen LogP contribution in [-0.4, -0.2) is 43.6 Å². The van der Waals surface area contributed by atoms with E-state index in [1.807, 2.05) is 13.8 Å². The average molecular weight is 532 g/mol. The van der Waals surface area contributed by atoms with Crippen LogP contribution in [0.25, 0.3) is 5.82 Å². The number of thiocarbonyl (C=S) groups is 1. The van der Waals surface area contributed by atoms with Crippen LogP contribution in [0.4, 0.5) is 5.69 Å². The van der Waals surface area contributed by atoms with Gasteiger partial charge in [-0.25, -0.2) is 9.67 Å². The summed E-state index contributed by atoms with van der Waals surface area (Å²) in [6, 6.07) is 7.93. The Bertz CT molecular complexity index is 1320. The summed E-state index contributed by atoms with van der Waals surface area (Å²) in [6.45, 7) is 5.45. The van der Waals surface area contributed by atoms with E-state index in [2.05, 4.69) is 20.7 Å². The van der Waals surface area contributed by atoms with Crippen LogP contribution in [0.5, 0.6) is 5.88 Å². The number of halogens is 2. The molecule has 0 spiro atoms. The summed E-state index contributed by atoms with van der Waals surface area (Å²) in [7, 11) is 0. The van der Waals surface area contributed by atoms with Gasteiger partial charge in [0, 0.05) is 41.0 Å². The van der Waals surface area contributed by atoms with E-state index in [0.29, 0.717) is 34.1 Å². The molecule has 0 saturated heterocycles. The number of hydrogen-bond donors (Lipinski definition) is 2. The zero-order chi connectivity index (χ0) is 25.3. The number of benzene rings is 1. The quantitative estimate of drug-likeness (QED) is 0.407. The van der Waals surface area contributed by atoms with Gasteiger partial charge in [-0.3, -0.25) is 9.59 Å². The van der Waals surface area contributed by atoms with Gasteiger partial charge in [0.25, 0.3) is 11.8 Å². The summed E-state index contributed by atoms with van der Waals surface area (Å²) < 4.78 is 7.22. The largest absolute Gasteiger partial charge is 0.473 e. The lowest BCUT2D eigenvalue weighted by molar-refractivity contribution is 0.0944. The fourth-order valence-electron chi connectivity index (χ4n) is 3.58. The van der Waals surface area contributed by atoms with Crippen molar-refractivity contribution >= 4 is 57.8 Å². The molecule has 0 atom stereocenters. The molecule has 1 aliphatic rings. The predicted molar refractivity (Wildman–Crippen MR) is 139 cm³/mol. The van der Waals surface area contributed by atoms with Crippen molar-refractivity contribution in [3.63, 3.8) is 0 Å². The third-order valence-corrected chi connectivity index (χ3v) is 6.11. The van der Waals surface area contributed by atoms with Crippen molar-refractivity contribution in [3.8, 4) is 11.7 Å². The first kappa shape index (κ1) is 25.1. The van der Waals surface area contributed by atoms with Gasteiger partial charge in [-0.05, 0) is 50.6 Å². The van der Waals surface area contributed by atoms with Gasteiger partial charge < -0.3 is 15.4 Å². The second-order valence-corrected chi connectivity index (χ2v) is 9.92. The Morgan fingerprint density at radius 3 is 2.60 bits per heavy atom. The van der Waals surface area contributed by atoms with Gasteiger partial charge in [0.2, 0.25) is 5.88 Å². The van der Waals surface area contributed by atoms with Crippen molar-refractivity contribution in [2.24, 2.45) is 0 Å². The molecule has 35 heavy (non-hydrogen) atoms. The van der Waals surface area contributed by atoms with Crippen molar-refractivity contribution in [3.05, 3.63) is 63.4 Å². The fourth-order valence-corrected chi connectivity index (χ4v) is 4.43. The minimum absolute atomic E-state index is 0.0918. The van der Waals surface area contributed by atoms with Crippen molar-refractivity contribution in [1.82, 2.24) is 20.1 Å². The summed E-state index contributed by atoms with van der Waals surface area (Å²) >= 11 is 17.7. The van der Waals surface area contributed by atoms with Crippen LogP contribution in [0.3, 0.4) is 0 Å². The maximum Gasteiger partial charge on any atom is 0.274 e.